The number of fused-ring (bicyclic) bond motifs is 3. The first kappa shape index (κ1) is 30.5. The number of carboxylic acid groups (broad SMARTS) is 1. The summed E-state index contributed by atoms with van der Waals surface area (Å²) in [6, 6.07) is 38.9. The number of aliphatic hydroxyl groups excluding tert-OH is 1. The molecule has 6 aromatic carbocycles. The van der Waals surface area contributed by atoms with Crippen molar-refractivity contribution in [2.45, 2.75) is 24.9 Å². The van der Waals surface area contributed by atoms with Gasteiger partial charge in [-0.2, -0.15) is 0 Å². The molecule has 0 amide bonds. The second kappa shape index (κ2) is 13.6. The predicted octanol–water partition coefficient (Wildman–Crippen LogP) is 7.02. The van der Waals surface area contributed by atoms with Gasteiger partial charge in [-0.05, 0) is 68.7 Å². The third-order valence-electron chi connectivity index (χ3n) is 7.78. The van der Waals surface area contributed by atoms with Crippen molar-refractivity contribution in [1.82, 2.24) is 0 Å². The van der Waals surface area contributed by atoms with E-state index in [0.29, 0.717) is 16.7 Å². The summed E-state index contributed by atoms with van der Waals surface area (Å²) in [5.41, 5.74) is 1.15. The Kier molecular flexibility index (Phi) is 9.01. The third-order valence-corrected chi connectivity index (χ3v) is 7.78. The van der Waals surface area contributed by atoms with Crippen LogP contribution in [0.4, 0.5) is 0 Å². The molecule has 0 aromatic heterocycles. The van der Waals surface area contributed by atoms with Crippen molar-refractivity contribution in [2.75, 3.05) is 6.61 Å². The Labute approximate surface area is 264 Å². The molecule has 1 aliphatic rings. The standard InChI is InChI=1S/C27H22O6.C11H8O2/c28-25-15-23(33-27(30)22-12-10-18-6-2-4-8-20(18)14-22)24(32-25)16-31-26(29)21-11-9-17-5-1-3-7-19(17)13-21;12-11(13)10-6-5-8-3-1-2-4-9(8)7-10/h1-14,23-25,28H,15-16H2;1-7H,(H,12,13)/t23-,24+,25?;/m1./s1. The van der Waals surface area contributed by atoms with Gasteiger partial charge in [-0.1, -0.05) is 91.0 Å². The van der Waals surface area contributed by atoms with Gasteiger partial charge in [-0.15, -0.1) is 0 Å². The maximum Gasteiger partial charge on any atom is 0.338 e. The minimum absolute atomic E-state index is 0.109. The molecule has 0 radical (unpaired) electrons. The summed E-state index contributed by atoms with van der Waals surface area (Å²) in [7, 11) is 0. The van der Waals surface area contributed by atoms with Crippen LogP contribution in [0.25, 0.3) is 32.3 Å². The highest BCUT2D eigenvalue weighted by molar-refractivity contribution is 5.97. The van der Waals surface area contributed by atoms with Gasteiger partial charge in [0.25, 0.3) is 0 Å². The van der Waals surface area contributed by atoms with E-state index in [4.69, 9.17) is 19.3 Å². The van der Waals surface area contributed by atoms with E-state index in [2.05, 4.69) is 0 Å². The molecule has 1 saturated heterocycles. The number of carbonyl (C=O) groups is 3. The lowest BCUT2D eigenvalue weighted by atomic mass is 10.1. The molecule has 46 heavy (non-hydrogen) atoms. The van der Waals surface area contributed by atoms with Crippen LogP contribution < -0.4 is 0 Å². The number of rotatable bonds is 6. The van der Waals surface area contributed by atoms with Crippen molar-refractivity contribution in [3.8, 4) is 0 Å². The number of carbonyl (C=O) groups excluding carboxylic acids is 2. The van der Waals surface area contributed by atoms with E-state index < -0.39 is 36.4 Å². The molecule has 1 aliphatic heterocycles. The number of esters is 2. The van der Waals surface area contributed by atoms with Crippen molar-refractivity contribution in [2.24, 2.45) is 0 Å². The number of aromatic carboxylic acids is 1. The summed E-state index contributed by atoms with van der Waals surface area (Å²) in [4.78, 5) is 35.9. The first-order valence-electron chi connectivity index (χ1n) is 14.8. The van der Waals surface area contributed by atoms with Crippen LogP contribution in [0.5, 0.6) is 0 Å². The molecule has 7 rings (SSSR count). The zero-order valence-electron chi connectivity index (χ0n) is 24.6. The minimum atomic E-state index is -1.09. The number of hydrogen-bond donors (Lipinski definition) is 2. The monoisotopic (exact) mass is 614 g/mol. The molecule has 3 atom stereocenters. The molecule has 0 aliphatic carbocycles. The second-order valence-electron chi connectivity index (χ2n) is 10.9. The van der Waals surface area contributed by atoms with Crippen LogP contribution in [0.15, 0.2) is 127 Å². The SMILES string of the molecule is O=C(O)c1ccc2ccccc2c1.O=C(OC[C@@H]1OC(O)C[C@H]1OC(=O)c1ccc2ccccc2c1)c1ccc2ccccc2c1. The molecule has 0 saturated carbocycles. The molecule has 1 unspecified atom stereocenters. The first-order valence-corrected chi connectivity index (χ1v) is 14.8. The van der Waals surface area contributed by atoms with Crippen LogP contribution in [-0.4, -0.2) is 53.2 Å². The number of carboxylic acids is 1. The lowest BCUT2D eigenvalue weighted by Gasteiger charge is -2.19. The molecule has 1 fully saturated rings. The summed E-state index contributed by atoms with van der Waals surface area (Å²) < 4.78 is 16.5. The topological polar surface area (TPSA) is 119 Å². The zero-order chi connectivity index (χ0) is 32.0. The number of benzene rings is 6. The van der Waals surface area contributed by atoms with Gasteiger partial charge < -0.3 is 24.4 Å². The van der Waals surface area contributed by atoms with E-state index >= 15 is 0 Å². The van der Waals surface area contributed by atoms with Crippen molar-refractivity contribution in [3.63, 3.8) is 0 Å². The van der Waals surface area contributed by atoms with Gasteiger partial charge in [0.05, 0.1) is 16.7 Å². The van der Waals surface area contributed by atoms with Crippen LogP contribution in [0.1, 0.15) is 37.5 Å². The molecule has 230 valence electrons. The van der Waals surface area contributed by atoms with E-state index in [1.54, 1.807) is 36.4 Å². The highest BCUT2D eigenvalue weighted by Gasteiger charge is 2.38. The van der Waals surface area contributed by atoms with E-state index in [1.807, 2.05) is 91.0 Å². The Bertz CT molecular complexity index is 2050. The van der Waals surface area contributed by atoms with Gasteiger partial charge in [0.2, 0.25) is 0 Å². The fourth-order valence-corrected chi connectivity index (χ4v) is 5.37. The molecule has 1 heterocycles. The average Bonchev–Trinajstić information content (AvgIpc) is 3.44. The number of hydrogen-bond acceptors (Lipinski definition) is 7. The van der Waals surface area contributed by atoms with Crippen LogP contribution in [0.3, 0.4) is 0 Å². The van der Waals surface area contributed by atoms with E-state index in [9.17, 15) is 19.5 Å². The molecular formula is C38H30O8. The van der Waals surface area contributed by atoms with Crippen LogP contribution in [-0.2, 0) is 14.2 Å². The summed E-state index contributed by atoms with van der Waals surface area (Å²) in [5.74, 6) is -1.91. The molecule has 8 nitrogen and oxygen atoms in total. The predicted molar refractivity (Wildman–Crippen MR) is 174 cm³/mol. The van der Waals surface area contributed by atoms with Gasteiger partial charge in [0.15, 0.2) is 6.29 Å². The van der Waals surface area contributed by atoms with E-state index in [0.717, 1.165) is 32.3 Å². The van der Waals surface area contributed by atoms with E-state index in [1.165, 1.54) is 0 Å². The lowest BCUT2D eigenvalue weighted by Crippen LogP contribution is -2.32. The van der Waals surface area contributed by atoms with Gasteiger partial charge in [-0.25, -0.2) is 14.4 Å². The first-order chi connectivity index (χ1) is 22.3. The molecular weight excluding hydrogens is 584 g/mol. The smallest absolute Gasteiger partial charge is 0.338 e. The Morgan fingerprint density at radius 3 is 1.54 bits per heavy atom. The largest absolute Gasteiger partial charge is 0.478 e. The van der Waals surface area contributed by atoms with Crippen molar-refractivity contribution in [3.05, 3.63) is 144 Å². The maximum absolute atomic E-state index is 12.7. The summed E-state index contributed by atoms with van der Waals surface area (Å²) in [6.07, 6.45) is -2.47. The van der Waals surface area contributed by atoms with Gasteiger partial charge >= 0.3 is 17.9 Å². The molecule has 6 aromatic rings. The van der Waals surface area contributed by atoms with Crippen molar-refractivity contribution in [1.29, 1.82) is 0 Å². The number of ether oxygens (including phenoxy) is 3. The van der Waals surface area contributed by atoms with Gasteiger partial charge in [-0.3, -0.25) is 0 Å². The Morgan fingerprint density at radius 2 is 1.04 bits per heavy atom. The summed E-state index contributed by atoms with van der Waals surface area (Å²) in [5, 5.41) is 24.6. The normalized spacial score (nSPS) is 17.3. The number of aliphatic hydroxyl groups is 1. The fraction of sp³-hybridized carbons (Fsp3) is 0.132. The van der Waals surface area contributed by atoms with Gasteiger partial charge in [0.1, 0.15) is 18.8 Å². The maximum atomic E-state index is 12.7. The fourth-order valence-electron chi connectivity index (χ4n) is 5.37. The van der Waals surface area contributed by atoms with Gasteiger partial charge in [0, 0.05) is 6.42 Å². The van der Waals surface area contributed by atoms with Crippen LogP contribution in [0, 0.1) is 0 Å². The lowest BCUT2D eigenvalue weighted by molar-refractivity contribution is -0.110. The Balaban J connectivity index is 0.000000238. The van der Waals surface area contributed by atoms with Crippen molar-refractivity contribution >= 4 is 50.2 Å². The second-order valence-corrected chi connectivity index (χ2v) is 10.9. The Hall–Kier alpha value is -5.57. The molecule has 0 bridgehead atoms. The Morgan fingerprint density at radius 1 is 0.609 bits per heavy atom. The highest BCUT2D eigenvalue weighted by atomic mass is 16.7. The quantitative estimate of drug-likeness (QED) is 0.192. The minimum Gasteiger partial charge on any atom is -0.478 e. The molecule has 0 spiro atoms. The van der Waals surface area contributed by atoms with Crippen molar-refractivity contribution < 1.29 is 38.8 Å². The molecule has 8 heteroatoms. The summed E-state index contributed by atoms with van der Waals surface area (Å²) in [6.45, 7) is -0.140. The third kappa shape index (κ3) is 7.04. The van der Waals surface area contributed by atoms with Crippen LogP contribution >= 0.6 is 0 Å². The zero-order valence-corrected chi connectivity index (χ0v) is 24.6. The summed E-state index contributed by atoms with van der Waals surface area (Å²) >= 11 is 0. The van der Waals surface area contributed by atoms with E-state index in [-0.39, 0.29) is 13.0 Å². The highest BCUT2D eigenvalue weighted by Crippen LogP contribution is 2.25. The van der Waals surface area contributed by atoms with Crippen LogP contribution in [0.2, 0.25) is 0 Å². The molecule has 2 N–H and O–H groups in total. The average molecular weight is 615 g/mol.